The Hall–Kier alpha value is -1.14. The Bertz CT molecular complexity index is 385. The molecule has 6 heteroatoms. The summed E-state index contributed by atoms with van der Waals surface area (Å²) in [4.78, 5) is 28.8. The van der Waals surface area contributed by atoms with Gasteiger partial charge in [0, 0.05) is 39.3 Å². The van der Waals surface area contributed by atoms with E-state index in [1.54, 1.807) is 6.92 Å². The number of carbonyl (C=O) groups is 2. The van der Waals surface area contributed by atoms with Gasteiger partial charge in [-0.2, -0.15) is 0 Å². The molecule has 0 saturated carbocycles. The largest absolute Gasteiger partial charge is 0.343 e. The fourth-order valence-corrected chi connectivity index (χ4v) is 3.01. The molecule has 2 saturated heterocycles. The molecule has 21 heavy (non-hydrogen) atoms. The van der Waals surface area contributed by atoms with Crippen molar-refractivity contribution >= 4 is 11.8 Å². The Morgan fingerprint density at radius 2 is 1.67 bits per heavy atom. The molecule has 2 heterocycles. The molecule has 6 nitrogen and oxygen atoms in total. The number of amides is 2. The van der Waals surface area contributed by atoms with E-state index >= 15 is 0 Å². The average molecular weight is 296 g/mol. The molecule has 0 radical (unpaired) electrons. The third-order valence-electron chi connectivity index (χ3n) is 4.60. The van der Waals surface area contributed by atoms with Crippen molar-refractivity contribution in [3.8, 4) is 0 Å². The predicted octanol–water partition coefficient (Wildman–Crippen LogP) is -0.203. The highest BCUT2D eigenvalue weighted by Gasteiger charge is 2.37. The van der Waals surface area contributed by atoms with E-state index in [0.717, 1.165) is 52.1 Å². The molecule has 1 atom stereocenters. The van der Waals surface area contributed by atoms with Crippen molar-refractivity contribution in [1.82, 2.24) is 20.4 Å². The van der Waals surface area contributed by atoms with E-state index in [4.69, 9.17) is 0 Å². The molecule has 0 aliphatic carbocycles. The SMILES string of the molecule is CC(NC(=O)C(C)(C)N1CCNCC1)C(=O)N1CCCC1. The first-order chi connectivity index (χ1) is 9.93. The van der Waals surface area contributed by atoms with Crippen molar-refractivity contribution in [1.29, 1.82) is 0 Å². The molecule has 2 rings (SSSR count). The molecule has 2 fully saturated rings. The van der Waals surface area contributed by atoms with Gasteiger partial charge >= 0.3 is 0 Å². The summed E-state index contributed by atoms with van der Waals surface area (Å²) in [5.41, 5.74) is -0.582. The molecule has 2 amide bonds. The molecule has 1 unspecified atom stereocenters. The zero-order valence-corrected chi connectivity index (χ0v) is 13.4. The molecule has 120 valence electrons. The van der Waals surface area contributed by atoms with Crippen LogP contribution in [0.2, 0.25) is 0 Å². The van der Waals surface area contributed by atoms with Gasteiger partial charge in [-0.05, 0) is 33.6 Å². The zero-order chi connectivity index (χ0) is 15.5. The van der Waals surface area contributed by atoms with Crippen LogP contribution in [0.3, 0.4) is 0 Å². The van der Waals surface area contributed by atoms with Crippen LogP contribution in [0.4, 0.5) is 0 Å². The Labute approximate surface area is 127 Å². The van der Waals surface area contributed by atoms with E-state index in [-0.39, 0.29) is 11.8 Å². The second kappa shape index (κ2) is 6.75. The number of hydrogen-bond acceptors (Lipinski definition) is 4. The highest BCUT2D eigenvalue weighted by molar-refractivity contribution is 5.91. The number of carbonyl (C=O) groups excluding carboxylic acids is 2. The Kier molecular flexibility index (Phi) is 5.22. The van der Waals surface area contributed by atoms with E-state index < -0.39 is 11.6 Å². The van der Waals surface area contributed by atoms with Crippen molar-refractivity contribution in [3.63, 3.8) is 0 Å². The van der Waals surface area contributed by atoms with Crippen molar-refractivity contribution in [2.24, 2.45) is 0 Å². The fourth-order valence-electron chi connectivity index (χ4n) is 3.01. The van der Waals surface area contributed by atoms with Crippen LogP contribution in [0.15, 0.2) is 0 Å². The van der Waals surface area contributed by atoms with Crippen molar-refractivity contribution < 1.29 is 9.59 Å². The Balaban J connectivity index is 1.90. The molecule has 2 aliphatic heterocycles. The maximum atomic E-state index is 12.5. The summed E-state index contributed by atoms with van der Waals surface area (Å²) >= 11 is 0. The molecule has 0 aromatic heterocycles. The fraction of sp³-hybridized carbons (Fsp3) is 0.867. The number of nitrogens with zero attached hydrogens (tertiary/aromatic N) is 2. The van der Waals surface area contributed by atoms with Crippen LogP contribution in [0.25, 0.3) is 0 Å². The molecule has 0 aromatic carbocycles. The lowest BCUT2D eigenvalue weighted by Crippen LogP contribution is -2.62. The lowest BCUT2D eigenvalue weighted by Gasteiger charge is -2.40. The molecule has 2 N–H and O–H groups in total. The highest BCUT2D eigenvalue weighted by atomic mass is 16.2. The number of nitrogens with one attached hydrogen (secondary N) is 2. The van der Waals surface area contributed by atoms with E-state index in [1.165, 1.54) is 0 Å². The molecule has 2 aliphatic rings. The Morgan fingerprint density at radius 1 is 1.10 bits per heavy atom. The molecule has 0 aromatic rings. The summed E-state index contributed by atoms with van der Waals surface area (Å²) in [5.74, 6) is -0.0265. The van der Waals surface area contributed by atoms with Crippen LogP contribution in [0.5, 0.6) is 0 Å². The van der Waals surface area contributed by atoms with E-state index in [9.17, 15) is 9.59 Å². The molecular weight excluding hydrogens is 268 g/mol. The second-order valence-corrected chi connectivity index (χ2v) is 6.52. The highest BCUT2D eigenvalue weighted by Crippen LogP contribution is 2.16. The van der Waals surface area contributed by atoms with Gasteiger partial charge in [0.05, 0.1) is 5.54 Å². The van der Waals surface area contributed by atoms with Crippen LogP contribution in [0, 0.1) is 0 Å². The summed E-state index contributed by atoms with van der Waals surface area (Å²) < 4.78 is 0. The van der Waals surface area contributed by atoms with Crippen LogP contribution >= 0.6 is 0 Å². The predicted molar refractivity (Wildman–Crippen MR) is 81.9 cm³/mol. The van der Waals surface area contributed by atoms with E-state index in [2.05, 4.69) is 15.5 Å². The van der Waals surface area contributed by atoms with Gasteiger partial charge in [0.2, 0.25) is 11.8 Å². The standard InChI is InChI=1S/C15H28N4O2/c1-12(13(20)18-8-4-5-9-18)17-14(21)15(2,3)19-10-6-16-7-11-19/h12,16H,4-11H2,1-3H3,(H,17,21). The maximum absolute atomic E-state index is 12.5. The minimum Gasteiger partial charge on any atom is -0.343 e. The third kappa shape index (κ3) is 3.74. The first-order valence-corrected chi connectivity index (χ1v) is 7.98. The first kappa shape index (κ1) is 16.2. The monoisotopic (exact) mass is 296 g/mol. The van der Waals surface area contributed by atoms with E-state index in [1.807, 2.05) is 18.7 Å². The van der Waals surface area contributed by atoms with Crippen LogP contribution in [-0.2, 0) is 9.59 Å². The van der Waals surface area contributed by atoms with Crippen molar-refractivity contribution in [3.05, 3.63) is 0 Å². The van der Waals surface area contributed by atoms with E-state index in [0.29, 0.717) is 0 Å². The van der Waals surface area contributed by atoms with Crippen LogP contribution < -0.4 is 10.6 Å². The summed E-state index contributed by atoms with van der Waals surface area (Å²) in [6, 6.07) is -0.446. The van der Waals surface area contributed by atoms with Crippen LogP contribution in [0.1, 0.15) is 33.6 Å². The lowest BCUT2D eigenvalue weighted by atomic mass is 10.00. The van der Waals surface area contributed by atoms with Gasteiger partial charge in [-0.15, -0.1) is 0 Å². The normalized spacial score (nSPS) is 22.1. The van der Waals surface area contributed by atoms with Gasteiger partial charge in [0.15, 0.2) is 0 Å². The number of rotatable bonds is 4. The topological polar surface area (TPSA) is 64.7 Å². The quantitative estimate of drug-likeness (QED) is 0.754. The van der Waals surface area contributed by atoms with Gasteiger partial charge < -0.3 is 15.5 Å². The zero-order valence-electron chi connectivity index (χ0n) is 13.4. The van der Waals surface area contributed by atoms with Gasteiger partial charge in [0.25, 0.3) is 0 Å². The van der Waals surface area contributed by atoms with Gasteiger partial charge in [0.1, 0.15) is 6.04 Å². The lowest BCUT2D eigenvalue weighted by molar-refractivity contribution is -0.139. The third-order valence-corrected chi connectivity index (χ3v) is 4.60. The van der Waals surface area contributed by atoms with Gasteiger partial charge in [-0.25, -0.2) is 0 Å². The summed E-state index contributed by atoms with van der Waals surface area (Å²) in [7, 11) is 0. The van der Waals surface area contributed by atoms with Gasteiger partial charge in [-0.1, -0.05) is 0 Å². The van der Waals surface area contributed by atoms with Gasteiger partial charge in [-0.3, -0.25) is 14.5 Å². The summed E-state index contributed by atoms with van der Waals surface area (Å²) in [6.07, 6.45) is 2.14. The minimum atomic E-state index is -0.582. The summed E-state index contributed by atoms with van der Waals surface area (Å²) in [6.45, 7) is 10.8. The molecular formula is C15H28N4O2. The molecule has 0 bridgehead atoms. The maximum Gasteiger partial charge on any atom is 0.244 e. The molecule has 0 spiro atoms. The smallest absolute Gasteiger partial charge is 0.244 e. The number of likely N-dealkylation sites (tertiary alicyclic amines) is 1. The van der Waals surface area contributed by atoms with Crippen molar-refractivity contribution in [2.75, 3.05) is 39.3 Å². The van der Waals surface area contributed by atoms with Crippen LogP contribution in [-0.4, -0.2) is 72.5 Å². The first-order valence-electron chi connectivity index (χ1n) is 7.98. The average Bonchev–Trinajstić information content (AvgIpc) is 3.01. The van der Waals surface area contributed by atoms with Crippen molar-refractivity contribution in [2.45, 2.75) is 45.2 Å². The minimum absolute atomic E-state index is 0.0389. The number of hydrogen-bond donors (Lipinski definition) is 2. The summed E-state index contributed by atoms with van der Waals surface area (Å²) in [5, 5.41) is 6.19. The second-order valence-electron chi connectivity index (χ2n) is 6.52. The number of piperazine rings is 1. The Morgan fingerprint density at radius 3 is 2.24 bits per heavy atom.